The van der Waals surface area contributed by atoms with E-state index in [2.05, 4.69) is 9.88 Å². The summed E-state index contributed by atoms with van der Waals surface area (Å²) in [5, 5.41) is 9.40. The van der Waals surface area contributed by atoms with Crippen molar-refractivity contribution in [3.63, 3.8) is 0 Å². The van der Waals surface area contributed by atoms with Crippen LogP contribution in [-0.2, 0) is 13.2 Å². The van der Waals surface area contributed by atoms with Gasteiger partial charge in [0.1, 0.15) is 19.0 Å². The van der Waals surface area contributed by atoms with Gasteiger partial charge in [0, 0.05) is 31.3 Å². The number of aliphatic hydroxyl groups is 1. The Morgan fingerprint density at radius 3 is 2.08 bits per heavy atom. The van der Waals surface area contributed by atoms with E-state index in [9.17, 15) is 5.11 Å². The van der Waals surface area contributed by atoms with Crippen LogP contribution in [0.2, 0.25) is 0 Å². The molecule has 6 heteroatoms. The number of hydrogen-bond acceptors (Lipinski definition) is 5. The summed E-state index contributed by atoms with van der Waals surface area (Å²) in [6.45, 7) is 2.40. The van der Waals surface area contributed by atoms with Crippen LogP contribution >= 0.6 is 0 Å². The highest BCUT2D eigenvalue weighted by atomic mass is 19.1. The Hall–Kier alpha value is -3.90. The number of hydrogen-bond donors (Lipinski definition) is 1. The van der Waals surface area contributed by atoms with Crippen molar-refractivity contribution >= 4 is 5.69 Å². The number of aliphatic hydroxyl groups excluding tert-OH is 1. The molecule has 1 saturated heterocycles. The van der Waals surface area contributed by atoms with Crippen LogP contribution in [0.15, 0.2) is 91.0 Å². The zero-order valence-electron chi connectivity index (χ0n) is 20.7. The zero-order valence-corrected chi connectivity index (χ0v) is 20.7. The first-order chi connectivity index (χ1) is 18.2. The van der Waals surface area contributed by atoms with Gasteiger partial charge in [-0.1, -0.05) is 66.7 Å². The van der Waals surface area contributed by atoms with Crippen molar-refractivity contribution in [2.45, 2.75) is 26.1 Å². The minimum Gasteiger partial charge on any atom is -0.473 e. The Balaban J connectivity index is 1.38. The van der Waals surface area contributed by atoms with E-state index in [1.807, 2.05) is 78.9 Å². The van der Waals surface area contributed by atoms with E-state index >= 15 is 4.39 Å². The van der Waals surface area contributed by atoms with E-state index in [1.54, 1.807) is 12.1 Å². The summed E-state index contributed by atoms with van der Waals surface area (Å²) in [7, 11) is 0. The third-order valence-corrected chi connectivity index (χ3v) is 6.75. The Bertz CT molecular complexity index is 1290. The van der Waals surface area contributed by atoms with E-state index in [0.29, 0.717) is 47.7 Å². The number of ether oxygens (including phenoxy) is 2. The van der Waals surface area contributed by atoms with Gasteiger partial charge in [-0.3, -0.25) is 0 Å². The Morgan fingerprint density at radius 1 is 0.811 bits per heavy atom. The molecule has 1 N–H and O–H groups in total. The summed E-state index contributed by atoms with van der Waals surface area (Å²) < 4.78 is 27.4. The molecule has 1 fully saturated rings. The van der Waals surface area contributed by atoms with Crippen LogP contribution in [-0.4, -0.2) is 29.8 Å². The molecule has 1 aliphatic rings. The highest BCUT2D eigenvalue weighted by Crippen LogP contribution is 2.35. The van der Waals surface area contributed by atoms with Gasteiger partial charge in [0.25, 0.3) is 0 Å². The van der Waals surface area contributed by atoms with Gasteiger partial charge in [0.05, 0.1) is 5.69 Å². The van der Waals surface area contributed by atoms with Crippen LogP contribution in [0.5, 0.6) is 11.8 Å². The lowest BCUT2D eigenvalue weighted by molar-refractivity contribution is 0.203. The van der Waals surface area contributed by atoms with Gasteiger partial charge in [-0.25, -0.2) is 4.39 Å². The summed E-state index contributed by atoms with van der Waals surface area (Å²) in [5.41, 5.74) is 4.03. The molecule has 1 aromatic heterocycles. The topological polar surface area (TPSA) is 54.8 Å². The van der Waals surface area contributed by atoms with E-state index in [-0.39, 0.29) is 12.4 Å². The number of halogens is 1. The normalized spacial score (nSPS) is 13.9. The molecule has 2 heterocycles. The first-order valence-corrected chi connectivity index (χ1v) is 12.7. The molecule has 37 heavy (non-hydrogen) atoms. The van der Waals surface area contributed by atoms with Crippen LogP contribution in [0.4, 0.5) is 10.1 Å². The SMILES string of the molecule is OCC1CCN(c2ccc(-c3ccc(OCc4ccccc4)nc3OCc3ccccc3)cc2F)CC1. The van der Waals surface area contributed by atoms with Crippen molar-refractivity contribution in [2.75, 3.05) is 24.6 Å². The molecule has 0 unspecified atom stereocenters. The van der Waals surface area contributed by atoms with Gasteiger partial charge in [0.2, 0.25) is 11.8 Å². The summed E-state index contributed by atoms with van der Waals surface area (Å²) in [6, 6.07) is 28.7. The summed E-state index contributed by atoms with van der Waals surface area (Å²) in [6.07, 6.45) is 1.73. The predicted molar refractivity (Wildman–Crippen MR) is 143 cm³/mol. The molecule has 0 saturated carbocycles. The van der Waals surface area contributed by atoms with E-state index in [4.69, 9.17) is 9.47 Å². The number of nitrogens with zero attached hydrogens (tertiary/aromatic N) is 2. The minimum absolute atomic E-state index is 0.194. The molecule has 1 aliphatic heterocycles. The van der Waals surface area contributed by atoms with Gasteiger partial charge in [0.15, 0.2) is 0 Å². The van der Waals surface area contributed by atoms with E-state index in [1.165, 1.54) is 0 Å². The molecule has 0 amide bonds. The number of pyridine rings is 1. The van der Waals surface area contributed by atoms with Crippen molar-refractivity contribution in [2.24, 2.45) is 5.92 Å². The number of benzene rings is 3. The van der Waals surface area contributed by atoms with Gasteiger partial charge < -0.3 is 19.5 Å². The highest BCUT2D eigenvalue weighted by molar-refractivity contribution is 5.71. The largest absolute Gasteiger partial charge is 0.473 e. The molecule has 0 radical (unpaired) electrons. The van der Waals surface area contributed by atoms with Crippen molar-refractivity contribution in [1.82, 2.24) is 4.98 Å². The average molecular weight is 499 g/mol. The predicted octanol–water partition coefficient (Wildman–Crippen LogP) is 6.25. The number of rotatable bonds is 9. The van der Waals surface area contributed by atoms with Crippen molar-refractivity contribution in [3.8, 4) is 22.9 Å². The second-order valence-corrected chi connectivity index (χ2v) is 9.33. The van der Waals surface area contributed by atoms with Crippen LogP contribution < -0.4 is 14.4 Å². The lowest BCUT2D eigenvalue weighted by Gasteiger charge is -2.33. The molecule has 4 aromatic rings. The second kappa shape index (κ2) is 11.9. The third kappa shape index (κ3) is 6.27. The average Bonchev–Trinajstić information content (AvgIpc) is 2.96. The summed E-state index contributed by atoms with van der Waals surface area (Å²) >= 11 is 0. The maximum absolute atomic E-state index is 15.3. The van der Waals surface area contributed by atoms with Crippen molar-refractivity contribution < 1.29 is 19.0 Å². The molecule has 5 rings (SSSR count). The second-order valence-electron chi connectivity index (χ2n) is 9.33. The van der Waals surface area contributed by atoms with Crippen LogP contribution in [0.3, 0.4) is 0 Å². The summed E-state index contributed by atoms with van der Waals surface area (Å²) in [4.78, 5) is 6.69. The van der Waals surface area contributed by atoms with Crippen LogP contribution in [0.1, 0.15) is 24.0 Å². The fourth-order valence-corrected chi connectivity index (χ4v) is 4.58. The minimum atomic E-state index is -0.279. The lowest BCUT2D eigenvalue weighted by Crippen LogP contribution is -2.35. The van der Waals surface area contributed by atoms with E-state index < -0.39 is 0 Å². The molecule has 0 atom stereocenters. The van der Waals surface area contributed by atoms with E-state index in [0.717, 1.165) is 37.1 Å². The van der Waals surface area contributed by atoms with Gasteiger partial charge in [-0.15, -0.1) is 0 Å². The molecular weight excluding hydrogens is 467 g/mol. The van der Waals surface area contributed by atoms with Gasteiger partial charge >= 0.3 is 0 Å². The molecule has 0 bridgehead atoms. The fourth-order valence-electron chi connectivity index (χ4n) is 4.58. The maximum atomic E-state index is 15.3. The molecule has 5 nitrogen and oxygen atoms in total. The molecule has 3 aromatic carbocycles. The molecular formula is C31H31FN2O3. The fraction of sp³-hybridized carbons (Fsp3) is 0.258. The van der Waals surface area contributed by atoms with Crippen LogP contribution in [0.25, 0.3) is 11.1 Å². The van der Waals surface area contributed by atoms with Crippen molar-refractivity contribution in [3.05, 3.63) is 108 Å². The third-order valence-electron chi connectivity index (χ3n) is 6.75. The Kier molecular flexibility index (Phi) is 7.96. The molecule has 0 spiro atoms. The van der Waals surface area contributed by atoms with Crippen molar-refractivity contribution in [1.29, 1.82) is 0 Å². The lowest BCUT2D eigenvalue weighted by atomic mass is 9.97. The standard InChI is InChI=1S/C31H31FN2O3/c32-28-19-26(11-13-29(28)34-17-15-23(20-35)16-18-34)27-12-14-30(36-21-24-7-3-1-4-8-24)33-31(27)37-22-25-9-5-2-6-10-25/h1-14,19,23,35H,15-18,20-22H2. The first-order valence-electron chi connectivity index (χ1n) is 12.7. The monoisotopic (exact) mass is 498 g/mol. The number of piperidine rings is 1. The Morgan fingerprint density at radius 2 is 1.46 bits per heavy atom. The van der Waals surface area contributed by atoms with Gasteiger partial charge in [-0.05, 0) is 53.6 Å². The number of aromatic nitrogens is 1. The Labute approximate surface area is 217 Å². The molecule has 0 aliphatic carbocycles. The number of anilines is 1. The highest BCUT2D eigenvalue weighted by Gasteiger charge is 2.21. The zero-order chi connectivity index (χ0) is 25.5. The van der Waals surface area contributed by atoms with Gasteiger partial charge in [-0.2, -0.15) is 4.98 Å². The maximum Gasteiger partial charge on any atom is 0.225 e. The van der Waals surface area contributed by atoms with Crippen LogP contribution in [0, 0.1) is 11.7 Å². The molecule has 190 valence electrons. The summed E-state index contributed by atoms with van der Waals surface area (Å²) in [5.74, 6) is 0.861. The quantitative estimate of drug-likeness (QED) is 0.295. The smallest absolute Gasteiger partial charge is 0.225 e. The first kappa shape index (κ1) is 24.8.